The quantitative estimate of drug-likeness (QED) is 0.618. The van der Waals surface area contributed by atoms with Crippen molar-refractivity contribution < 1.29 is 0 Å². The van der Waals surface area contributed by atoms with E-state index in [2.05, 4.69) is 30.1 Å². The molecule has 0 aliphatic rings. The number of rotatable bonds is 5. The molecule has 0 unspecified atom stereocenters. The molecule has 0 spiro atoms. The molecule has 0 fully saturated rings. The Morgan fingerprint density at radius 2 is 2.33 bits per heavy atom. The van der Waals surface area contributed by atoms with Crippen LogP contribution in [0.25, 0.3) is 0 Å². The van der Waals surface area contributed by atoms with Crippen molar-refractivity contribution in [2.45, 2.75) is 38.9 Å². The van der Waals surface area contributed by atoms with Crippen molar-refractivity contribution >= 4 is 11.8 Å². The first-order valence-corrected chi connectivity index (χ1v) is 6.05. The van der Waals surface area contributed by atoms with Gasteiger partial charge in [-0.15, -0.1) is 5.10 Å². The summed E-state index contributed by atoms with van der Waals surface area (Å²) in [5, 5.41) is 7.24. The number of allylic oxidation sites excluding steroid dienone is 1. The lowest BCUT2D eigenvalue weighted by atomic mass is 10.3. The highest BCUT2D eigenvalue weighted by molar-refractivity contribution is 7.99. The van der Waals surface area contributed by atoms with Crippen LogP contribution >= 0.6 is 11.8 Å². The minimum atomic E-state index is -0.114. The molecule has 15 heavy (non-hydrogen) atoms. The van der Waals surface area contributed by atoms with Crippen molar-refractivity contribution in [1.29, 1.82) is 0 Å². The second kappa shape index (κ2) is 5.80. The predicted octanol–water partition coefficient (Wildman–Crippen LogP) is 2.04. The fourth-order valence-electron chi connectivity index (χ4n) is 1.12. The Morgan fingerprint density at radius 3 is 2.93 bits per heavy atom. The Bertz CT molecular complexity index is 388. The van der Waals surface area contributed by atoms with Crippen LogP contribution < -0.4 is 5.69 Å². The predicted molar refractivity (Wildman–Crippen MR) is 63.3 cm³/mol. The maximum absolute atomic E-state index is 11.3. The summed E-state index contributed by atoms with van der Waals surface area (Å²) in [4.78, 5) is 11.3. The van der Waals surface area contributed by atoms with Gasteiger partial charge >= 0.3 is 5.69 Å². The molecule has 0 aliphatic carbocycles. The van der Waals surface area contributed by atoms with E-state index in [4.69, 9.17) is 0 Å². The fraction of sp³-hybridized carbons (Fsp3) is 0.600. The summed E-state index contributed by atoms with van der Waals surface area (Å²) < 4.78 is 1.68. The van der Waals surface area contributed by atoms with Crippen molar-refractivity contribution in [3.63, 3.8) is 0 Å². The van der Waals surface area contributed by atoms with Gasteiger partial charge < -0.3 is 0 Å². The van der Waals surface area contributed by atoms with Crippen LogP contribution in [0, 0.1) is 0 Å². The van der Waals surface area contributed by atoms with Crippen LogP contribution in [0.5, 0.6) is 0 Å². The average Bonchev–Trinajstić information content (AvgIpc) is 2.50. The van der Waals surface area contributed by atoms with Gasteiger partial charge in [0.2, 0.25) is 0 Å². The van der Waals surface area contributed by atoms with Crippen LogP contribution in [0.3, 0.4) is 0 Å². The highest BCUT2D eigenvalue weighted by Crippen LogP contribution is 2.13. The topological polar surface area (TPSA) is 50.7 Å². The standard InChI is InChI=1S/C10H17N3OS/c1-4-6-13-9(14)11-12-10(13)15-7-5-8(2)3/h5H,4,6-7H2,1-3H3,(H,11,14). The molecule has 1 rings (SSSR count). The third-order valence-corrected chi connectivity index (χ3v) is 2.78. The van der Waals surface area contributed by atoms with Gasteiger partial charge in [0.05, 0.1) is 0 Å². The number of thioether (sulfide) groups is 1. The number of nitrogens with zero attached hydrogens (tertiary/aromatic N) is 2. The van der Waals surface area contributed by atoms with Crippen LogP contribution in [0.1, 0.15) is 27.2 Å². The van der Waals surface area contributed by atoms with E-state index < -0.39 is 0 Å². The van der Waals surface area contributed by atoms with Crippen molar-refractivity contribution in [2.75, 3.05) is 5.75 Å². The van der Waals surface area contributed by atoms with Crippen LogP contribution in [0.15, 0.2) is 21.6 Å². The number of hydrogen-bond donors (Lipinski definition) is 1. The summed E-state index contributed by atoms with van der Waals surface area (Å²) in [7, 11) is 0. The van der Waals surface area contributed by atoms with Crippen molar-refractivity contribution in [2.24, 2.45) is 0 Å². The summed E-state index contributed by atoms with van der Waals surface area (Å²) in [6, 6.07) is 0. The molecule has 0 aliphatic heterocycles. The van der Waals surface area contributed by atoms with E-state index in [-0.39, 0.29) is 5.69 Å². The van der Waals surface area contributed by atoms with E-state index >= 15 is 0 Å². The molecule has 4 nitrogen and oxygen atoms in total. The zero-order chi connectivity index (χ0) is 11.3. The average molecular weight is 227 g/mol. The summed E-state index contributed by atoms with van der Waals surface area (Å²) >= 11 is 1.58. The first-order chi connectivity index (χ1) is 7.15. The largest absolute Gasteiger partial charge is 0.343 e. The molecular weight excluding hydrogens is 210 g/mol. The molecule has 5 heteroatoms. The SMILES string of the molecule is CCCn1c(SCC=C(C)C)n[nH]c1=O. The molecule has 0 atom stereocenters. The minimum absolute atomic E-state index is 0.114. The Morgan fingerprint density at radius 1 is 1.60 bits per heavy atom. The van der Waals surface area contributed by atoms with Gasteiger partial charge in [-0.1, -0.05) is 30.3 Å². The summed E-state index contributed by atoms with van der Waals surface area (Å²) in [5.41, 5.74) is 1.17. The molecule has 84 valence electrons. The van der Waals surface area contributed by atoms with Gasteiger partial charge in [0.15, 0.2) is 5.16 Å². The van der Waals surface area contributed by atoms with Gasteiger partial charge in [-0.3, -0.25) is 4.57 Å². The molecule has 1 aromatic rings. The third-order valence-electron chi connectivity index (χ3n) is 1.87. The molecular formula is C10H17N3OS. The number of hydrogen-bond acceptors (Lipinski definition) is 3. The zero-order valence-corrected chi connectivity index (χ0v) is 10.2. The number of H-pyrrole nitrogens is 1. The Labute approximate surface area is 93.8 Å². The Balaban J connectivity index is 2.68. The molecule has 0 bridgehead atoms. The normalized spacial score (nSPS) is 10.3. The van der Waals surface area contributed by atoms with Crippen LogP contribution in [-0.2, 0) is 6.54 Å². The molecule has 0 radical (unpaired) electrons. The van der Waals surface area contributed by atoms with Gasteiger partial charge in [-0.25, -0.2) is 9.89 Å². The van der Waals surface area contributed by atoms with Crippen molar-refractivity contribution in [1.82, 2.24) is 14.8 Å². The highest BCUT2D eigenvalue weighted by atomic mass is 32.2. The first-order valence-electron chi connectivity index (χ1n) is 5.06. The highest BCUT2D eigenvalue weighted by Gasteiger charge is 2.06. The molecule has 0 saturated carbocycles. The number of aromatic amines is 1. The van der Waals surface area contributed by atoms with E-state index in [9.17, 15) is 4.79 Å². The molecule has 1 N–H and O–H groups in total. The van der Waals surface area contributed by atoms with Crippen LogP contribution in [0.4, 0.5) is 0 Å². The van der Waals surface area contributed by atoms with Crippen LogP contribution in [-0.4, -0.2) is 20.5 Å². The molecule has 0 aromatic carbocycles. The van der Waals surface area contributed by atoms with Gasteiger partial charge in [0, 0.05) is 12.3 Å². The molecule has 1 aromatic heterocycles. The third kappa shape index (κ3) is 3.58. The lowest BCUT2D eigenvalue weighted by Gasteiger charge is -2.01. The number of nitrogens with one attached hydrogen (secondary N) is 1. The second-order valence-electron chi connectivity index (χ2n) is 3.56. The second-order valence-corrected chi connectivity index (χ2v) is 4.54. The number of aromatic nitrogens is 3. The lowest BCUT2D eigenvalue weighted by molar-refractivity contribution is 0.604. The Hall–Kier alpha value is -0.970. The van der Waals surface area contributed by atoms with Gasteiger partial charge in [0.25, 0.3) is 0 Å². The van der Waals surface area contributed by atoms with Crippen molar-refractivity contribution in [3.8, 4) is 0 Å². The van der Waals surface area contributed by atoms with Gasteiger partial charge in [0.1, 0.15) is 0 Å². The van der Waals surface area contributed by atoms with E-state index in [1.807, 2.05) is 6.92 Å². The first kappa shape index (κ1) is 12.1. The van der Waals surface area contributed by atoms with E-state index in [1.54, 1.807) is 16.3 Å². The molecule has 1 heterocycles. The van der Waals surface area contributed by atoms with E-state index in [0.29, 0.717) is 0 Å². The lowest BCUT2D eigenvalue weighted by Crippen LogP contribution is -2.17. The Kier molecular flexibility index (Phi) is 4.68. The monoisotopic (exact) mass is 227 g/mol. The maximum Gasteiger partial charge on any atom is 0.343 e. The maximum atomic E-state index is 11.3. The smallest absolute Gasteiger partial charge is 0.270 e. The van der Waals surface area contributed by atoms with E-state index in [0.717, 1.165) is 23.9 Å². The summed E-state index contributed by atoms with van der Waals surface area (Å²) in [6.45, 7) is 6.89. The fourth-order valence-corrected chi connectivity index (χ4v) is 2.12. The molecule has 0 amide bonds. The minimum Gasteiger partial charge on any atom is -0.270 e. The van der Waals surface area contributed by atoms with Gasteiger partial charge in [-0.05, 0) is 20.3 Å². The zero-order valence-electron chi connectivity index (χ0n) is 9.41. The van der Waals surface area contributed by atoms with E-state index in [1.165, 1.54) is 5.57 Å². The van der Waals surface area contributed by atoms with Crippen LogP contribution in [0.2, 0.25) is 0 Å². The molecule has 0 saturated heterocycles. The summed E-state index contributed by atoms with van der Waals surface area (Å²) in [6.07, 6.45) is 3.07. The summed E-state index contributed by atoms with van der Waals surface area (Å²) in [5.74, 6) is 0.857. The van der Waals surface area contributed by atoms with Crippen molar-refractivity contribution in [3.05, 3.63) is 22.1 Å². The van der Waals surface area contributed by atoms with Gasteiger partial charge in [-0.2, -0.15) is 0 Å².